The number of nitrogens with zero attached hydrogens (tertiary/aromatic N) is 1. The summed E-state index contributed by atoms with van der Waals surface area (Å²) in [6.07, 6.45) is 1.46. The summed E-state index contributed by atoms with van der Waals surface area (Å²) in [5, 5.41) is 21.0. The third-order valence-corrected chi connectivity index (χ3v) is 2.47. The number of rotatable bonds is 1. The van der Waals surface area contributed by atoms with Crippen LogP contribution < -0.4 is 0 Å². The zero-order valence-corrected chi connectivity index (χ0v) is 10.3. The van der Waals surface area contributed by atoms with Crippen LogP contribution in [0.15, 0.2) is 54.2 Å². The van der Waals surface area contributed by atoms with E-state index >= 15 is 0 Å². The molecule has 0 unspecified atom stereocenters. The van der Waals surface area contributed by atoms with Crippen molar-refractivity contribution in [3.63, 3.8) is 0 Å². The Hall–Kier alpha value is -2.36. The molecule has 0 spiro atoms. The quantitative estimate of drug-likeness (QED) is 0.615. The number of hydrogen-bond donors (Lipinski definition) is 1. The molecule has 0 fully saturated rings. The summed E-state index contributed by atoms with van der Waals surface area (Å²) < 4.78 is 0. The molecule has 94 valence electrons. The summed E-state index contributed by atoms with van der Waals surface area (Å²) in [4.78, 5) is 9.25. The van der Waals surface area contributed by atoms with E-state index in [0.29, 0.717) is 5.75 Å². The average molecular weight is 245 g/mol. The van der Waals surface area contributed by atoms with Gasteiger partial charge in [0.15, 0.2) is 0 Å². The molecule has 0 amide bonds. The van der Waals surface area contributed by atoms with Crippen molar-refractivity contribution >= 4 is 10.8 Å². The lowest BCUT2D eigenvalue weighted by Gasteiger charge is -1.97. The van der Waals surface area contributed by atoms with E-state index in [0.717, 1.165) is 10.8 Å². The smallest absolute Gasteiger partial charge is 0.238 e. The number of fused-ring (bicyclic) bond motifs is 1. The molecule has 0 atom stereocenters. The van der Waals surface area contributed by atoms with Crippen LogP contribution in [0.2, 0.25) is 0 Å². The van der Waals surface area contributed by atoms with E-state index in [4.69, 9.17) is 0 Å². The summed E-state index contributed by atoms with van der Waals surface area (Å²) in [7, 11) is 0. The highest BCUT2D eigenvalue weighted by atomic mass is 16.6. The summed E-state index contributed by atoms with van der Waals surface area (Å²) >= 11 is 0. The molecule has 1 N–H and O–H groups in total. The van der Waals surface area contributed by atoms with E-state index in [1.807, 2.05) is 36.4 Å². The molecular formula is C14H15NO3. The Morgan fingerprint density at radius 2 is 1.83 bits per heavy atom. The second kappa shape index (κ2) is 6.39. The Bertz CT molecular complexity index is 571. The predicted molar refractivity (Wildman–Crippen MR) is 72.0 cm³/mol. The zero-order chi connectivity index (χ0) is 13.5. The lowest BCUT2D eigenvalue weighted by molar-refractivity contribution is -0.424. The first kappa shape index (κ1) is 13.7. The van der Waals surface area contributed by atoms with Crippen LogP contribution in [0.3, 0.4) is 0 Å². The number of phenols is 1. The highest BCUT2D eigenvalue weighted by Crippen LogP contribution is 2.22. The summed E-state index contributed by atoms with van der Waals surface area (Å²) in [6, 6.07) is 13.3. The normalized spacial score (nSPS) is 10.7. The monoisotopic (exact) mass is 245 g/mol. The van der Waals surface area contributed by atoms with Crippen LogP contribution in [0.25, 0.3) is 10.8 Å². The van der Waals surface area contributed by atoms with Crippen molar-refractivity contribution < 1.29 is 10.0 Å². The van der Waals surface area contributed by atoms with Gasteiger partial charge in [-0.25, -0.2) is 0 Å². The number of nitro groups is 1. The number of benzene rings is 2. The summed E-state index contributed by atoms with van der Waals surface area (Å²) in [5.74, 6) is 0.350. The molecule has 4 nitrogen and oxygen atoms in total. The standard InChI is InChI=1S/C10H8O.C4H7NO2/c11-10-7-3-5-8-4-1-2-6-9(8)10;1-3-4(2)5(6)7/h1-7,11H;3H,1-2H3. The van der Waals surface area contributed by atoms with Crippen molar-refractivity contribution in [2.75, 3.05) is 0 Å². The van der Waals surface area contributed by atoms with Gasteiger partial charge in [0.05, 0.1) is 4.92 Å². The average Bonchev–Trinajstić information content (AvgIpc) is 2.39. The minimum absolute atomic E-state index is 0.194. The highest BCUT2D eigenvalue weighted by molar-refractivity contribution is 5.87. The fourth-order valence-electron chi connectivity index (χ4n) is 1.31. The molecule has 2 aromatic rings. The Morgan fingerprint density at radius 1 is 1.22 bits per heavy atom. The van der Waals surface area contributed by atoms with E-state index in [9.17, 15) is 15.2 Å². The van der Waals surface area contributed by atoms with Crippen LogP contribution in [-0.2, 0) is 0 Å². The Kier molecular flexibility index (Phi) is 4.87. The van der Waals surface area contributed by atoms with Crippen molar-refractivity contribution in [1.29, 1.82) is 0 Å². The van der Waals surface area contributed by atoms with Gasteiger partial charge in [-0.05, 0) is 24.5 Å². The fourth-order valence-corrected chi connectivity index (χ4v) is 1.31. The van der Waals surface area contributed by atoms with Crippen LogP contribution in [0.5, 0.6) is 5.75 Å². The zero-order valence-electron chi connectivity index (χ0n) is 10.3. The number of allylic oxidation sites excluding steroid dienone is 2. The van der Waals surface area contributed by atoms with E-state index in [1.165, 1.54) is 13.0 Å². The van der Waals surface area contributed by atoms with Crippen molar-refractivity contribution in [1.82, 2.24) is 0 Å². The molecule has 0 radical (unpaired) electrons. The molecule has 0 aliphatic heterocycles. The molecular weight excluding hydrogens is 230 g/mol. The van der Waals surface area contributed by atoms with Crippen LogP contribution in [0.4, 0.5) is 0 Å². The molecule has 4 heteroatoms. The number of phenolic OH excluding ortho intramolecular Hbond substituents is 1. The lowest BCUT2D eigenvalue weighted by atomic mass is 10.1. The minimum Gasteiger partial charge on any atom is -0.507 e. The van der Waals surface area contributed by atoms with Gasteiger partial charge in [0, 0.05) is 12.3 Å². The molecule has 0 aliphatic rings. The Morgan fingerprint density at radius 3 is 2.33 bits per heavy atom. The largest absolute Gasteiger partial charge is 0.507 e. The van der Waals surface area contributed by atoms with Gasteiger partial charge >= 0.3 is 0 Å². The van der Waals surface area contributed by atoms with Gasteiger partial charge in [0.2, 0.25) is 5.70 Å². The number of hydrogen-bond acceptors (Lipinski definition) is 3. The van der Waals surface area contributed by atoms with Gasteiger partial charge in [-0.15, -0.1) is 0 Å². The highest BCUT2D eigenvalue weighted by Gasteiger charge is 1.95. The van der Waals surface area contributed by atoms with Crippen LogP contribution in [-0.4, -0.2) is 10.0 Å². The first-order valence-electron chi connectivity index (χ1n) is 5.50. The Labute approximate surface area is 105 Å². The second-order valence-electron chi connectivity index (χ2n) is 3.69. The minimum atomic E-state index is -0.417. The van der Waals surface area contributed by atoms with Crippen LogP contribution in [0, 0.1) is 10.1 Å². The van der Waals surface area contributed by atoms with E-state index in [2.05, 4.69) is 0 Å². The molecule has 2 rings (SSSR count). The summed E-state index contributed by atoms with van der Waals surface area (Å²) in [5.41, 5.74) is 0.194. The van der Waals surface area contributed by atoms with Gasteiger partial charge in [-0.1, -0.05) is 36.4 Å². The van der Waals surface area contributed by atoms with E-state index in [1.54, 1.807) is 13.0 Å². The van der Waals surface area contributed by atoms with E-state index in [-0.39, 0.29) is 5.70 Å². The SMILES string of the molecule is CC=C(C)[N+](=O)[O-].Oc1cccc2ccccc12. The third-order valence-electron chi connectivity index (χ3n) is 2.47. The molecule has 18 heavy (non-hydrogen) atoms. The van der Waals surface area contributed by atoms with Crippen LogP contribution >= 0.6 is 0 Å². The molecule has 0 aromatic heterocycles. The molecule has 0 saturated carbocycles. The first-order chi connectivity index (χ1) is 8.56. The van der Waals surface area contributed by atoms with Crippen molar-refractivity contribution in [3.8, 4) is 5.75 Å². The topological polar surface area (TPSA) is 63.4 Å². The maximum Gasteiger partial charge on any atom is 0.238 e. The molecule has 0 aliphatic carbocycles. The van der Waals surface area contributed by atoms with Crippen molar-refractivity contribution in [2.24, 2.45) is 0 Å². The number of aromatic hydroxyl groups is 1. The lowest BCUT2D eigenvalue weighted by Crippen LogP contribution is -1.91. The van der Waals surface area contributed by atoms with Gasteiger partial charge in [-0.3, -0.25) is 10.1 Å². The summed E-state index contributed by atoms with van der Waals surface area (Å²) in [6.45, 7) is 3.10. The van der Waals surface area contributed by atoms with Gasteiger partial charge < -0.3 is 5.11 Å². The van der Waals surface area contributed by atoms with Crippen molar-refractivity contribution in [3.05, 3.63) is 64.4 Å². The first-order valence-corrected chi connectivity index (χ1v) is 5.50. The third kappa shape index (κ3) is 3.59. The molecule has 2 aromatic carbocycles. The van der Waals surface area contributed by atoms with Gasteiger partial charge in [-0.2, -0.15) is 0 Å². The Balaban J connectivity index is 0.000000203. The molecule has 0 bridgehead atoms. The maximum absolute atomic E-state index is 9.67. The van der Waals surface area contributed by atoms with Crippen LogP contribution in [0.1, 0.15) is 13.8 Å². The maximum atomic E-state index is 9.67. The fraction of sp³-hybridized carbons (Fsp3) is 0.143. The second-order valence-corrected chi connectivity index (χ2v) is 3.69. The van der Waals surface area contributed by atoms with Gasteiger partial charge in [0.1, 0.15) is 5.75 Å². The van der Waals surface area contributed by atoms with E-state index < -0.39 is 4.92 Å². The molecule has 0 heterocycles. The van der Waals surface area contributed by atoms with Crippen molar-refractivity contribution in [2.45, 2.75) is 13.8 Å². The predicted octanol–water partition coefficient (Wildman–Crippen LogP) is 3.73. The van der Waals surface area contributed by atoms with Gasteiger partial charge in [0.25, 0.3) is 0 Å². The molecule has 0 saturated heterocycles.